The molecule has 1 saturated heterocycles. The van der Waals surface area contributed by atoms with Crippen LogP contribution in [0.25, 0.3) is 27.6 Å². The summed E-state index contributed by atoms with van der Waals surface area (Å²) in [4.78, 5) is 24.9. The molecule has 2 aromatic carbocycles. The van der Waals surface area contributed by atoms with Crippen LogP contribution >= 0.6 is 0 Å². The van der Waals surface area contributed by atoms with Crippen LogP contribution in [0.2, 0.25) is 0 Å². The highest BCUT2D eigenvalue weighted by Crippen LogP contribution is 2.31. The third-order valence-corrected chi connectivity index (χ3v) is 6.39. The van der Waals surface area contributed by atoms with Crippen molar-refractivity contribution in [1.82, 2.24) is 30.3 Å². The van der Waals surface area contributed by atoms with Crippen molar-refractivity contribution in [3.8, 4) is 5.69 Å². The first-order chi connectivity index (χ1) is 16.7. The number of aryl methyl sites for hydroxylation is 1. The Morgan fingerprint density at radius 3 is 2.74 bits per heavy atom. The molecule has 1 aliphatic rings. The number of nitrogens with one attached hydrogen (secondary N) is 1. The van der Waals surface area contributed by atoms with Crippen molar-refractivity contribution < 1.29 is 4.79 Å². The molecule has 1 atom stereocenters. The van der Waals surface area contributed by atoms with Crippen LogP contribution in [0.3, 0.4) is 0 Å². The highest BCUT2D eigenvalue weighted by atomic mass is 16.2. The van der Waals surface area contributed by atoms with Crippen LogP contribution in [-0.4, -0.2) is 50.0 Å². The van der Waals surface area contributed by atoms with Gasteiger partial charge in [0.25, 0.3) is 5.91 Å². The summed E-state index contributed by atoms with van der Waals surface area (Å²) in [6.07, 6.45) is 4.38. The van der Waals surface area contributed by atoms with Gasteiger partial charge in [-0.2, -0.15) is 4.68 Å². The van der Waals surface area contributed by atoms with Gasteiger partial charge in [0, 0.05) is 29.9 Å². The lowest BCUT2D eigenvalue weighted by Gasteiger charge is -2.29. The monoisotopic (exact) mass is 449 g/mol. The zero-order valence-corrected chi connectivity index (χ0v) is 18.7. The van der Waals surface area contributed by atoms with Gasteiger partial charge < -0.3 is 5.32 Å². The largest absolute Gasteiger partial charge is 0.315 e. The Kier molecular flexibility index (Phi) is 5.00. The molecular weight excluding hydrogens is 426 g/mol. The minimum atomic E-state index is -0.0647. The summed E-state index contributed by atoms with van der Waals surface area (Å²) in [5.74, 6) is 0.648. The van der Waals surface area contributed by atoms with Crippen LogP contribution in [0.5, 0.6) is 0 Å². The van der Waals surface area contributed by atoms with Crippen molar-refractivity contribution in [2.24, 2.45) is 0 Å². The van der Waals surface area contributed by atoms with Gasteiger partial charge in [0.2, 0.25) is 0 Å². The molecule has 0 radical (unpaired) electrons. The molecule has 8 heteroatoms. The molecule has 3 aromatic heterocycles. The molecule has 1 aliphatic heterocycles. The topological polar surface area (TPSA) is 88.8 Å². The molecule has 4 heterocycles. The second kappa shape index (κ2) is 8.31. The average molecular weight is 450 g/mol. The number of pyridine rings is 2. The van der Waals surface area contributed by atoms with E-state index in [4.69, 9.17) is 4.98 Å². The number of aromatic nitrogens is 5. The predicted octanol–water partition coefficient (Wildman–Crippen LogP) is 3.68. The maximum atomic E-state index is 13.9. The maximum absolute atomic E-state index is 13.9. The fourth-order valence-corrected chi connectivity index (χ4v) is 4.69. The van der Waals surface area contributed by atoms with E-state index in [1.54, 1.807) is 17.1 Å². The van der Waals surface area contributed by atoms with Crippen LogP contribution in [0.15, 0.2) is 73.1 Å². The Labute approximate surface area is 196 Å². The average Bonchev–Trinajstić information content (AvgIpc) is 3.55. The smallest absolute Gasteiger partial charge is 0.259 e. The van der Waals surface area contributed by atoms with Gasteiger partial charge >= 0.3 is 0 Å². The number of nitrogens with zero attached hydrogens (tertiary/aromatic N) is 6. The Bertz CT molecular complexity index is 1500. The van der Waals surface area contributed by atoms with Crippen LogP contribution in [0.4, 0.5) is 5.82 Å². The summed E-state index contributed by atoms with van der Waals surface area (Å²) in [7, 11) is 0. The van der Waals surface area contributed by atoms with E-state index in [1.165, 1.54) is 0 Å². The zero-order chi connectivity index (χ0) is 23.1. The Hall–Kier alpha value is -4.17. The lowest BCUT2D eigenvalue weighted by Crippen LogP contribution is -2.42. The standard InChI is InChI=1S/C26H23N7O/c1-17-4-2-5-18-11-15-29-25(23(17)18)32(21-12-14-27-16-21)26(34)19-7-9-20(10-8-19)33-24-22(30-31-33)6-3-13-28-24/h2-11,13,15,21,27H,12,14,16H2,1H3/t21-/m0/s1. The van der Waals surface area contributed by atoms with E-state index in [-0.39, 0.29) is 11.9 Å². The second-order valence-electron chi connectivity index (χ2n) is 8.52. The van der Waals surface area contributed by atoms with Crippen LogP contribution in [-0.2, 0) is 0 Å². The SMILES string of the molecule is Cc1cccc2ccnc(N(C(=O)c3ccc(-n4nnc5cccnc54)cc3)[C@H]3CCNC3)c12. The molecule has 34 heavy (non-hydrogen) atoms. The fraction of sp³-hybridized carbons (Fsp3) is 0.192. The minimum Gasteiger partial charge on any atom is -0.315 e. The van der Waals surface area contributed by atoms with E-state index in [0.717, 1.165) is 47.1 Å². The van der Waals surface area contributed by atoms with Gasteiger partial charge in [-0.05, 0) is 73.3 Å². The zero-order valence-electron chi connectivity index (χ0n) is 18.7. The summed E-state index contributed by atoms with van der Waals surface area (Å²) < 4.78 is 1.68. The minimum absolute atomic E-state index is 0.0355. The summed E-state index contributed by atoms with van der Waals surface area (Å²) in [5, 5.41) is 13.9. The third kappa shape index (κ3) is 3.39. The van der Waals surface area contributed by atoms with Crippen LogP contribution in [0.1, 0.15) is 22.3 Å². The lowest BCUT2D eigenvalue weighted by molar-refractivity contribution is 0.0977. The van der Waals surface area contributed by atoms with Crippen molar-refractivity contribution in [3.05, 3.63) is 84.2 Å². The van der Waals surface area contributed by atoms with E-state index >= 15 is 0 Å². The van der Waals surface area contributed by atoms with Crippen molar-refractivity contribution in [2.75, 3.05) is 18.0 Å². The molecule has 0 unspecified atom stereocenters. The summed E-state index contributed by atoms with van der Waals surface area (Å²) >= 11 is 0. The first-order valence-corrected chi connectivity index (χ1v) is 11.4. The Morgan fingerprint density at radius 2 is 1.91 bits per heavy atom. The molecule has 5 aromatic rings. The summed E-state index contributed by atoms with van der Waals surface area (Å²) in [6, 6.07) is 19.3. The van der Waals surface area contributed by atoms with E-state index in [9.17, 15) is 4.79 Å². The predicted molar refractivity (Wildman–Crippen MR) is 131 cm³/mol. The maximum Gasteiger partial charge on any atom is 0.259 e. The van der Waals surface area contributed by atoms with Gasteiger partial charge in [-0.1, -0.05) is 23.4 Å². The second-order valence-corrected chi connectivity index (χ2v) is 8.52. The highest BCUT2D eigenvalue weighted by Gasteiger charge is 2.31. The number of hydrogen-bond donors (Lipinski definition) is 1. The van der Waals surface area contributed by atoms with Gasteiger partial charge in [0.15, 0.2) is 5.65 Å². The third-order valence-electron chi connectivity index (χ3n) is 6.39. The van der Waals surface area contributed by atoms with Gasteiger partial charge in [0.1, 0.15) is 11.3 Å². The number of amides is 1. The van der Waals surface area contributed by atoms with Gasteiger partial charge in [-0.25, -0.2) is 9.97 Å². The van der Waals surface area contributed by atoms with E-state index in [0.29, 0.717) is 17.0 Å². The molecule has 1 fully saturated rings. The van der Waals surface area contributed by atoms with Crippen molar-refractivity contribution in [1.29, 1.82) is 0 Å². The van der Waals surface area contributed by atoms with Gasteiger partial charge in [-0.15, -0.1) is 5.10 Å². The number of fused-ring (bicyclic) bond motifs is 2. The highest BCUT2D eigenvalue weighted by molar-refractivity contribution is 6.10. The summed E-state index contributed by atoms with van der Waals surface area (Å²) in [5.41, 5.74) is 3.90. The first kappa shape index (κ1) is 20.4. The van der Waals surface area contributed by atoms with E-state index < -0.39 is 0 Å². The molecule has 0 aliphatic carbocycles. The molecule has 6 rings (SSSR count). The number of rotatable bonds is 4. The van der Waals surface area contributed by atoms with Crippen LogP contribution in [0, 0.1) is 6.92 Å². The van der Waals surface area contributed by atoms with E-state index in [2.05, 4.69) is 39.7 Å². The number of anilines is 1. The van der Waals surface area contributed by atoms with E-state index in [1.807, 2.05) is 53.4 Å². The summed E-state index contributed by atoms with van der Waals surface area (Å²) in [6.45, 7) is 3.68. The number of hydrogen-bond acceptors (Lipinski definition) is 6. The lowest BCUT2D eigenvalue weighted by atomic mass is 10.0. The number of carbonyl (C=O) groups is 1. The molecule has 0 bridgehead atoms. The Morgan fingerprint density at radius 1 is 1.03 bits per heavy atom. The first-order valence-electron chi connectivity index (χ1n) is 11.4. The molecule has 0 saturated carbocycles. The molecular formula is C26H23N7O. The fourth-order valence-electron chi connectivity index (χ4n) is 4.69. The normalized spacial score (nSPS) is 15.7. The quantitative estimate of drug-likeness (QED) is 0.450. The van der Waals surface area contributed by atoms with Crippen LogP contribution < -0.4 is 10.2 Å². The van der Waals surface area contributed by atoms with Crippen molar-refractivity contribution >= 4 is 33.7 Å². The number of benzene rings is 2. The van der Waals surface area contributed by atoms with Crippen molar-refractivity contribution in [2.45, 2.75) is 19.4 Å². The molecule has 1 N–H and O–H groups in total. The molecule has 8 nitrogen and oxygen atoms in total. The molecule has 0 spiro atoms. The van der Waals surface area contributed by atoms with Crippen molar-refractivity contribution in [3.63, 3.8) is 0 Å². The van der Waals surface area contributed by atoms with Gasteiger partial charge in [0.05, 0.1) is 11.7 Å². The molecule has 1 amide bonds. The molecule has 168 valence electrons. The number of carbonyl (C=O) groups excluding carboxylic acids is 1. The Balaban J connectivity index is 1.41. The van der Waals surface area contributed by atoms with Gasteiger partial charge in [-0.3, -0.25) is 9.69 Å².